The largest absolute Gasteiger partial charge is 0.483 e. The lowest BCUT2D eigenvalue weighted by atomic mass is 9.97. The van der Waals surface area contributed by atoms with E-state index in [1.807, 2.05) is 5.32 Å². The van der Waals surface area contributed by atoms with Crippen LogP contribution in [0.5, 0.6) is 0 Å². The molecular weight excluding hydrogens is 364 g/mol. The maximum atomic E-state index is 11.6. The van der Waals surface area contributed by atoms with E-state index >= 15 is 0 Å². The van der Waals surface area contributed by atoms with Gasteiger partial charge in [0.2, 0.25) is 5.91 Å². The van der Waals surface area contributed by atoms with Crippen LogP contribution in [0.3, 0.4) is 0 Å². The van der Waals surface area contributed by atoms with Gasteiger partial charge in [-0.3, -0.25) is 9.32 Å². The molecule has 6 atom stereocenters. The molecule has 0 saturated carbocycles. The molecule has 0 spiro atoms. The lowest BCUT2D eigenvalue weighted by Gasteiger charge is -2.42. The van der Waals surface area contributed by atoms with Gasteiger partial charge in [0.1, 0.15) is 24.4 Å². The SMILES string of the molecule is [2H]CC(=O)N[C@H]1C(OP(=O)(O)OP(=O)(O)O)O[C@H](CO)[C@@H](O)[C@@H]1O. The van der Waals surface area contributed by atoms with Gasteiger partial charge in [-0.1, -0.05) is 0 Å². The van der Waals surface area contributed by atoms with E-state index in [1.165, 1.54) is 0 Å². The molecule has 2 unspecified atom stereocenters. The fourth-order valence-electron chi connectivity index (χ4n) is 1.80. The number of phosphoric acid groups is 2. The van der Waals surface area contributed by atoms with Crippen molar-refractivity contribution in [3.05, 3.63) is 0 Å². The zero-order valence-corrected chi connectivity index (χ0v) is 13.1. The molecule has 1 fully saturated rings. The zero-order chi connectivity index (χ0) is 18.7. The van der Waals surface area contributed by atoms with Crippen molar-refractivity contribution in [2.45, 2.75) is 37.5 Å². The summed E-state index contributed by atoms with van der Waals surface area (Å²) >= 11 is 0. The van der Waals surface area contributed by atoms with E-state index in [2.05, 4.69) is 8.83 Å². The van der Waals surface area contributed by atoms with Crippen molar-refractivity contribution >= 4 is 21.6 Å². The first-order valence-corrected chi connectivity index (χ1v) is 8.92. The monoisotopic (exact) mass is 382 g/mol. The summed E-state index contributed by atoms with van der Waals surface area (Å²) in [4.78, 5) is 37.7. The molecule has 0 radical (unpaired) electrons. The van der Waals surface area contributed by atoms with Crippen LogP contribution in [0.1, 0.15) is 8.27 Å². The number of nitrogens with one attached hydrogen (secondary N) is 1. The fraction of sp³-hybridized carbons (Fsp3) is 0.875. The number of phosphoric ester groups is 1. The third kappa shape index (κ3) is 6.18. The average Bonchev–Trinajstić information content (AvgIpc) is 2.43. The first-order chi connectivity index (χ1) is 10.9. The van der Waals surface area contributed by atoms with Gasteiger partial charge in [-0.2, -0.15) is 4.31 Å². The lowest BCUT2D eigenvalue weighted by molar-refractivity contribution is -0.247. The van der Waals surface area contributed by atoms with E-state index in [0.29, 0.717) is 0 Å². The molecule has 7 N–H and O–H groups in total. The minimum atomic E-state index is -5.43. The molecular formula is C8H17NO12P2. The first-order valence-electron chi connectivity index (χ1n) is 6.60. The van der Waals surface area contributed by atoms with E-state index in [0.717, 1.165) is 0 Å². The van der Waals surface area contributed by atoms with Crippen molar-refractivity contribution in [1.82, 2.24) is 5.32 Å². The molecule has 1 aliphatic rings. The zero-order valence-electron chi connectivity index (χ0n) is 12.3. The Kier molecular flexibility index (Phi) is 6.28. The van der Waals surface area contributed by atoms with Gasteiger partial charge in [0, 0.05) is 8.27 Å². The van der Waals surface area contributed by atoms with Crippen LogP contribution < -0.4 is 5.32 Å². The molecule has 0 bridgehead atoms. The van der Waals surface area contributed by atoms with Gasteiger partial charge < -0.3 is 40.1 Å². The Bertz CT molecular complexity index is 541. The van der Waals surface area contributed by atoms with Crippen molar-refractivity contribution < 1.29 is 58.9 Å². The second-order valence-corrected chi connectivity index (χ2v) is 7.23. The highest BCUT2D eigenvalue weighted by atomic mass is 31.3. The Morgan fingerprint density at radius 1 is 1.30 bits per heavy atom. The highest BCUT2D eigenvalue weighted by Crippen LogP contribution is 2.58. The number of ether oxygens (including phenoxy) is 1. The predicted molar refractivity (Wildman–Crippen MR) is 69.4 cm³/mol. The maximum Gasteiger partial charge on any atom is 0.483 e. The second kappa shape index (κ2) is 7.64. The van der Waals surface area contributed by atoms with Crippen LogP contribution in [0.25, 0.3) is 0 Å². The van der Waals surface area contributed by atoms with E-state index in [9.17, 15) is 29.0 Å². The van der Waals surface area contributed by atoms with Gasteiger partial charge in [0.05, 0.1) is 6.61 Å². The molecule has 0 aromatic heterocycles. The summed E-state index contributed by atoms with van der Waals surface area (Å²) in [6, 6.07) is -1.69. The minimum Gasteiger partial charge on any atom is -0.394 e. The van der Waals surface area contributed by atoms with Crippen LogP contribution >= 0.6 is 15.6 Å². The summed E-state index contributed by atoms with van der Waals surface area (Å²) in [6.45, 7) is -1.66. The number of amides is 1. The predicted octanol–water partition coefficient (Wildman–Crippen LogP) is -2.84. The number of carbonyl (C=O) groups excluding carboxylic acids is 1. The highest BCUT2D eigenvalue weighted by Gasteiger charge is 2.48. The summed E-state index contributed by atoms with van der Waals surface area (Å²) in [5, 5.41) is 30.7. The van der Waals surface area contributed by atoms with Gasteiger partial charge in [-0.25, -0.2) is 9.13 Å². The molecule has 1 aliphatic heterocycles. The molecule has 1 heterocycles. The van der Waals surface area contributed by atoms with E-state index in [1.54, 1.807) is 0 Å². The molecule has 0 aliphatic carbocycles. The lowest BCUT2D eigenvalue weighted by Crippen LogP contribution is -2.64. The van der Waals surface area contributed by atoms with Gasteiger partial charge >= 0.3 is 15.6 Å². The number of aliphatic hydroxyl groups is 3. The van der Waals surface area contributed by atoms with Crippen molar-refractivity contribution in [1.29, 1.82) is 0 Å². The Morgan fingerprint density at radius 3 is 2.39 bits per heavy atom. The molecule has 136 valence electrons. The van der Waals surface area contributed by atoms with Crippen molar-refractivity contribution in [3.63, 3.8) is 0 Å². The number of hydrogen-bond acceptors (Lipinski definition) is 9. The summed E-state index contributed by atoms with van der Waals surface area (Å²) in [7, 11) is -10.8. The van der Waals surface area contributed by atoms with Crippen LogP contribution in [-0.4, -0.2) is 73.2 Å². The van der Waals surface area contributed by atoms with E-state index < -0.39 is 65.7 Å². The number of hydrogen-bond donors (Lipinski definition) is 7. The van der Waals surface area contributed by atoms with Crippen LogP contribution in [0, 0.1) is 0 Å². The maximum absolute atomic E-state index is 11.6. The summed E-state index contributed by atoms with van der Waals surface area (Å²) in [5.74, 6) is -0.977. The Balaban J connectivity index is 3.01. The average molecular weight is 382 g/mol. The standard InChI is InChI=1S/C8H17NO12P2/c1-3(11)9-5-7(13)6(12)4(2-10)19-8(5)20-23(17,18)21-22(14,15)16/h4-8,10,12-13H,2H2,1H3,(H,9,11)(H,17,18)(H2,14,15,16)/t4-,5-,6-,7-,8?/m1/s1/i1D. The Labute approximate surface area is 131 Å². The summed E-state index contributed by atoms with van der Waals surface area (Å²) in [6.07, 6.45) is -7.11. The Hall–Kier alpha value is -0.430. The first kappa shape index (κ1) is 18.9. The fourth-order valence-corrected chi connectivity index (χ4v) is 3.47. The van der Waals surface area contributed by atoms with Crippen molar-refractivity contribution in [3.8, 4) is 0 Å². The van der Waals surface area contributed by atoms with Crippen LogP contribution in [0.15, 0.2) is 0 Å². The van der Waals surface area contributed by atoms with Gasteiger partial charge in [0.15, 0.2) is 6.29 Å². The van der Waals surface area contributed by atoms with Crippen LogP contribution in [0.2, 0.25) is 0 Å². The quantitative estimate of drug-likeness (QED) is 0.231. The smallest absolute Gasteiger partial charge is 0.394 e. The summed E-state index contributed by atoms with van der Waals surface area (Å²) < 4.78 is 41.9. The van der Waals surface area contributed by atoms with Gasteiger partial charge in [-0.05, 0) is 0 Å². The van der Waals surface area contributed by atoms with Crippen LogP contribution in [0.4, 0.5) is 0 Å². The third-order valence-electron chi connectivity index (χ3n) is 2.66. The number of rotatable bonds is 6. The van der Waals surface area contributed by atoms with Gasteiger partial charge in [-0.15, -0.1) is 0 Å². The second-order valence-electron chi connectivity index (χ2n) is 4.45. The highest BCUT2D eigenvalue weighted by molar-refractivity contribution is 7.60. The summed E-state index contributed by atoms with van der Waals surface area (Å²) in [5.41, 5.74) is 0. The third-order valence-corrected chi connectivity index (χ3v) is 4.81. The van der Waals surface area contributed by atoms with Crippen molar-refractivity contribution in [2.75, 3.05) is 6.61 Å². The number of carbonyl (C=O) groups is 1. The Morgan fingerprint density at radius 2 is 1.91 bits per heavy atom. The molecule has 1 rings (SSSR count). The number of aliphatic hydroxyl groups excluding tert-OH is 3. The molecule has 0 aromatic rings. The van der Waals surface area contributed by atoms with E-state index in [4.69, 9.17) is 21.0 Å². The molecule has 1 saturated heterocycles. The van der Waals surface area contributed by atoms with Crippen molar-refractivity contribution in [2.24, 2.45) is 0 Å². The molecule has 0 aromatic carbocycles. The normalized spacial score (nSPS) is 35.2. The molecule has 1 amide bonds. The van der Waals surface area contributed by atoms with Crippen LogP contribution in [-0.2, 0) is 27.5 Å². The minimum absolute atomic E-state index is 0.800. The molecule has 23 heavy (non-hydrogen) atoms. The molecule has 15 heteroatoms. The molecule has 13 nitrogen and oxygen atoms in total. The topological polar surface area (TPSA) is 212 Å². The van der Waals surface area contributed by atoms with Gasteiger partial charge in [0.25, 0.3) is 0 Å². The van der Waals surface area contributed by atoms with E-state index in [-0.39, 0.29) is 0 Å².